The molecule has 1 aromatic heterocycles. The standard InChI is InChI=1S/C19H16N4OS/c24-19(20-18-14-6-1-3-7-15(14)21-22-18)23-10-9-13-12-5-2-4-8-16(12)25-17(13)11-23/h1-8,11,13H,9-10H2,(H2,20,21,22,24). The molecule has 5 rings (SSSR count). The number of hydrogen-bond acceptors (Lipinski definition) is 3. The number of nitrogens with zero attached hydrogens (tertiary/aromatic N) is 2. The predicted octanol–water partition coefficient (Wildman–Crippen LogP) is 4.53. The summed E-state index contributed by atoms with van der Waals surface area (Å²) in [6, 6.07) is 16.1. The third-order valence-corrected chi connectivity index (χ3v) is 5.98. The van der Waals surface area contributed by atoms with Gasteiger partial charge >= 0.3 is 6.03 Å². The first kappa shape index (κ1) is 14.6. The molecule has 1 atom stereocenters. The van der Waals surface area contributed by atoms with Crippen molar-refractivity contribution in [2.24, 2.45) is 0 Å². The fourth-order valence-electron chi connectivity index (χ4n) is 3.51. The molecule has 0 saturated heterocycles. The van der Waals surface area contributed by atoms with Crippen molar-refractivity contribution >= 4 is 34.5 Å². The summed E-state index contributed by atoms with van der Waals surface area (Å²) in [5.41, 5.74) is 2.30. The van der Waals surface area contributed by atoms with Gasteiger partial charge in [-0.3, -0.25) is 15.3 Å². The highest BCUT2D eigenvalue weighted by molar-refractivity contribution is 8.03. The van der Waals surface area contributed by atoms with Crippen LogP contribution >= 0.6 is 11.8 Å². The van der Waals surface area contributed by atoms with Gasteiger partial charge in [0.15, 0.2) is 5.82 Å². The zero-order valence-corrected chi connectivity index (χ0v) is 14.2. The minimum absolute atomic E-state index is 0.139. The van der Waals surface area contributed by atoms with Crippen LogP contribution in [0, 0.1) is 0 Å². The van der Waals surface area contributed by atoms with Gasteiger partial charge in [-0.15, -0.1) is 0 Å². The number of urea groups is 1. The van der Waals surface area contributed by atoms with Gasteiger partial charge in [0.25, 0.3) is 0 Å². The van der Waals surface area contributed by atoms with Crippen LogP contribution in [0.4, 0.5) is 10.6 Å². The zero-order chi connectivity index (χ0) is 16.8. The summed E-state index contributed by atoms with van der Waals surface area (Å²) in [5, 5.41) is 11.0. The van der Waals surface area contributed by atoms with Crippen molar-refractivity contribution in [2.75, 3.05) is 11.9 Å². The third kappa shape index (κ3) is 2.41. The monoisotopic (exact) mass is 348 g/mol. The second-order valence-electron chi connectivity index (χ2n) is 6.25. The maximum absolute atomic E-state index is 12.7. The molecule has 2 amide bonds. The van der Waals surface area contributed by atoms with Crippen LogP contribution < -0.4 is 5.32 Å². The Morgan fingerprint density at radius 2 is 2.04 bits per heavy atom. The number of fused-ring (bicyclic) bond motifs is 4. The smallest absolute Gasteiger partial charge is 0.300 e. The van der Waals surface area contributed by atoms with E-state index >= 15 is 0 Å². The van der Waals surface area contributed by atoms with E-state index in [1.54, 1.807) is 16.7 Å². The number of carbonyl (C=O) groups is 1. The first-order valence-electron chi connectivity index (χ1n) is 8.29. The molecule has 2 aliphatic rings. The van der Waals surface area contributed by atoms with Crippen molar-refractivity contribution in [3.63, 3.8) is 0 Å². The lowest BCUT2D eigenvalue weighted by Crippen LogP contribution is -2.34. The number of nitrogens with one attached hydrogen (secondary N) is 2. The Kier molecular flexibility index (Phi) is 3.31. The molecule has 0 fully saturated rings. The maximum Gasteiger partial charge on any atom is 0.327 e. The van der Waals surface area contributed by atoms with Gasteiger partial charge in [-0.05, 0) is 30.2 Å². The molecule has 2 aromatic carbocycles. The van der Waals surface area contributed by atoms with E-state index in [2.05, 4.69) is 39.8 Å². The van der Waals surface area contributed by atoms with Crippen LogP contribution in [0.25, 0.3) is 10.9 Å². The van der Waals surface area contributed by atoms with E-state index in [-0.39, 0.29) is 6.03 Å². The van der Waals surface area contributed by atoms with E-state index in [0.29, 0.717) is 18.3 Å². The summed E-state index contributed by atoms with van der Waals surface area (Å²) < 4.78 is 0. The van der Waals surface area contributed by atoms with Gasteiger partial charge in [0, 0.05) is 33.8 Å². The van der Waals surface area contributed by atoms with E-state index < -0.39 is 0 Å². The molecule has 3 heterocycles. The summed E-state index contributed by atoms with van der Waals surface area (Å²) in [4.78, 5) is 17.0. The Morgan fingerprint density at radius 1 is 1.20 bits per heavy atom. The van der Waals surface area contributed by atoms with Crippen LogP contribution in [-0.2, 0) is 0 Å². The van der Waals surface area contributed by atoms with Gasteiger partial charge in [0.2, 0.25) is 0 Å². The summed E-state index contributed by atoms with van der Waals surface area (Å²) in [7, 11) is 0. The zero-order valence-electron chi connectivity index (χ0n) is 13.4. The highest BCUT2D eigenvalue weighted by Gasteiger charge is 2.32. The molecule has 6 heteroatoms. The largest absolute Gasteiger partial charge is 0.327 e. The number of aromatic amines is 1. The van der Waals surface area contributed by atoms with Crippen molar-refractivity contribution in [1.29, 1.82) is 0 Å². The van der Waals surface area contributed by atoms with Gasteiger partial charge < -0.3 is 0 Å². The lowest BCUT2D eigenvalue weighted by atomic mass is 9.94. The number of H-pyrrole nitrogens is 1. The molecule has 1 unspecified atom stereocenters. The molecule has 25 heavy (non-hydrogen) atoms. The molecule has 124 valence electrons. The van der Waals surface area contributed by atoms with Gasteiger partial charge in [-0.1, -0.05) is 42.1 Å². The first-order chi connectivity index (χ1) is 12.3. The van der Waals surface area contributed by atoms with Crippen molar-refractivity contribution < 1.29 is 4.79 Å². The van der Waals surface area contributed by atoms with Crippen LogP contribution in [0.15, 0.2) is 64.5 Å². The lowest BCUT2D eigenvalue weighted by Gasteiger charge is -2.27. The fourth-order valence-corrected chi connectivity index (χ4v) is 4.80. The second kappa shape index (κ2) is 5.67. The predicted molar refractivity (Wildman–Crippen MR) is 99.6 cm³/mol. The summed E-state index contributed by atoms with van der Waals surface area (Å²) >= 11 is 1.77. The SMILES string of the molecule is O=C(Nc1n[nH]c2ccccc12)N1C=C2Sc3ccccc3C2CC1. The molecule has 3 aromatic rings. The molecule has 0 radical (unpaired) electrons. The van der Waals surface area contributed by atoms with E-state index in [1.807, 2.05) is 30.5 Å². The number of thioether (sulfide) groups is 1. The van der Waals surface area contributed by atoms with E-state index in [9.17, 15) is 4.79 Å². The van der Waals surface area contributed by atoms with E-state index in [4.69, 9.17) is 0 Å². The first-order valence-corrected chi connectivity index (χ1v) is 9.10. The van der Waals surface area contributed by atoms with Crippen molar-refractivity contribution in [1.82, 2.24) is 15.1 Å². The number of anilines is 1. The molecule has 5 nitrogen and oxygen atoms in total. The van der Waals surface area contributed by atoms with Gasteiger partial charge in [-0.25, -0.2) is 4.79 Å². The number of allylic oxidation sites excluding steroid dienone is 1. The Morgan fingerprint density at radius 3 is 3.00 bits per heavy atom. The highest BCUT2D eigenvalue weighted by Crippen LogP contribution is 2.51. The molecule has 0 bridgehead atoms. The van der Waals surface area contributed by atoms with Crippen LogP contribution in [0.2, 0.25) is 0 Å². The Bertz CT molecular complexity index is 1010. The lowest BCUT2D eigenvalue weighted by molar-refractivity contribution is 0.225. The number of benzene rings is 2. The number of hydrogen-bond donors (Lipinski definition) is 2. The molecular weight excluding hydrogens is 332 g/mol. The second-order valence-corrected chi connectivity index (χ2v) is 7.37. The van der Waals surface area contributed by atoms with Crippen LogP contribution in [-0.4, -0.2) is 27.7 Å². The Labute approximate surface area is 149 Å². The number of carbonyl (C=O) groups excluding carboxylic acids is 1. The van der Waals surface area contributed by atoms with Crippen molar-refractivity contribution in [3.05, 3.63) is 65.2 Å². The highest BCUT2D eigenvalue weighted by atomic mass is 32.2. The molecule has 0 spiro atoms. The minimum atomic E-state index is -0.139. The van der Waals surface area contributed by atoms with Gasteiger partial charge in [0.1, 0.15) is 0 Å². The number of rotatable bonds is 1. The molecule has 2 N–H and O–H groups in total. The summed E-state index contributed by atoms with van der Waals surface area (Å²) in [6.45, 7) is 0.706. The average Bonchev–Trinajstić information content (AvgIpc) is 3.22. The van der Waals surface area contributed by atoms with Crippen LogP contribution in [0.1, 0.15) is 17.9 Å². The molecule has 0 aliphatic carbocycles. The van der Waals surface area contributed by atoms with Crippen LogP contribution in [0.3, 0.4) is 0 Å². The van der Waals surface area contributed by atoms with Crippen molar-refractivity contribution in [2.45, 2.75) is 17.2 Å². The van der Waals surface area contributed by atoms with Gasteiger partial charge in [-0.2, -0.15) is 5.10 Å². The minimum Gasteiger partial charge on any atom is -0.300 e. The molecular formula is C19H16N4OS. The number of amides is 2. The number of aromatic nitrogens is 2. The molecule has 2 aliphatic heterocycles. The quantitative estimate of drug-likeness (QED) is 0.679. The fraction of sp³-hybridized carbons (Fsp3) is 0.158. The summed E-state index contributed by atoms with van der Waals surface area (Å²) in [5.74, 6) is 1.000. The summed E-state index contributed by atoms with van der Waals surface area (Å²) in [6.07, 6.45) is 2.94. The Hall–Kier alpha value is -2.73. The van der Waals surface area contributed by atoms with E-state index in [0.717, 1.165) is 17.3 Å². The van der Waals surface area contributed by atoms with Gasteiger partial charge in [0.05, 0.1) is 5.52 Å². The number of para-hydroxylation sites is 1. The normalized spacial score (nSPS) is 18.6. The Balaban J connectivity index is 1.38. The van der Waals surface area contributed by atoms with Crippen molar-refractivity contribution in [3.8, 4) is 0 Å². The van der Waals surface area contributed by atoms with E-state index in [1.165, 1.54) is 15.4 Å². The average molecular weight is 348 g/mol. The third-order valence-electron chi connectivity index (χ3n) is 4.76. The topological polar surface area (TPSA) is 61.0 Å². The van der Waals surface area contributed by atoms with Crippen LogP contribution in [0.5, 0.6) is 0 Å². The molecule has 0 saturated carbocycles. The maximum atomic E-state index is 12.7.